The third-order valence-electron chi connectivity index (χ3n) is 3.52. The summed E-state index contributed by atoms with van der Waals surface area (Å²) in [4.78, 5) is 0. The molecule has 3 nitrogen and oxygen atoms in total. The van der Waals surface area contributed by atoms with E-state index in [1.165, 1.54) is 0 Å². The Kier molecular flexibility index (Phi) is 2.13. The molecule has 0 aromatic carbocycles. The van der Waals surface area contributed by atoms with E-state index in [0.29, 0.717) is 6.04 Å². The van der Waals surface area contributed by atoms with E-state index in [2.05, 4.69) is 26.2 Å². The fourth-order valence-corrected chi connectivity index (χ4v) is 2.72. The van der Waals surface area contributed by atoms with Crippen LogP contribution in [0.1, 0.15) is 20.8 Å². The standard InChI is InChI=1S/C10H20N2O/c1-10(2,3)9(12-11)8-6-4-13-5-7(6)8/h6-9,12H,4-5,11H2,1-3H3. The van der Waals surface area contributed by atoms with Gasteiger partial charge >= 0.3 is 0 Å². The Morgan fingerprint density at radius 1 is 1.31 bits per heavy atom. The zero-order chi connectivity index (χ0) is 9.64. The summed E-state index contributed by atoms with van der Waals surface area (Å²) in [5.74, 6) is 7.92. The lowest BCUT2D eigenvalue weighted by molar-refractivity contribution is 0.124. The molecule has 13 heavy (non-hydrogen) atoms. The molecule has 2 rings (SSSR count). The maximum atomic E-state index is 5.61. The van der Waals surface area contributed by atoms with Gasteiger partial charge in [0.25, 0.3) is 0 Å². The van der Waals surface area contributed by atoms with Gasteiger partial charge in [0.2, 0.25) is 0 Å². The van der Waals surface area contributed by atoms with E-state index in [-0.39, 0.29) is 5.41 Å². The van der Waals surface area contributed by atoms with Crippen molar-refractivity contribution in [3.05, 3.63) is 0 Å². The number of nitrogens with one attached hydrogen (secondary N) is 1. The number of rotatable bonds is 2. The minimum atomic E-state index is 0.254. The Balaban J connectivity index is 2.00. The molecule has 3 heteroatoms. The minimum Gasteiger partial charge on any atom is -0.381 e. The predicted molar refractivity (Wildman–Crippen MR) is 51.9 cm³/mol. The van der Waals surface area contributed by atoms with Crippen molar-refractivity contribution < 1.29 is 4.74 Å². The molecular weight excluding hydrogens is 164 g/mol. The summed E-state index contributed by atoms with van der Waals surface area (Å²) >= 11 is 0. The Morgan fingerprint density at radius 2 is 1.85 bits per heavy atom. The molecule has 0 aromatic rings. The number of nitrogens with two attached hydrogens (primary N) is 1. The molecule has 0 radical (unpaired) electrons. The summed E-state index contributed by atoms with van der Waals surface area (Å²) in [5, 5.41) is 0. The number of hydrazine groups is 1. The van der Waals surface area contributed by atoms with Crippen LogP contribution >= 0.6 is 0 Å². The maximum Gasteiger partial charge on any atom is 0.0501 e. The van der Waals surface area contributed by atoms with Crippen molar-refractivity contribution in [2.24, 2.45) is 29.0 Å². The van der Waals surface area contributed by atoms with E-state index in [1.807, 2.05) is 0 Å². The van der Waals surface area contributed by atoms with Gasteiger partial charge in [0.05, 0.1) is 13.2 Å². The van der Waals surface area contributed by atoms with Crippen LogP contribution in [0.5, 0.6) is 0 Å². The van der Waals surface area contributed by atoms with E-state index in [4.69, 9.17) is 10.6 Å². The van der Waals surface area contributed by atoms with Gasteiger partial charge in [-0.15, -0.1) is 0 Å². The number of fused-ring (bicyclic) bond motifs is 1. The van der Waals surface area contributed by atoms with Crippen LogP contribution in [0.3, 0.4) is 0 Å². The van der Waals surface area contributed by atoms with E-state index < -0.39 is 0 Å². The van der Waals surface area contributed by atoms with Crippen LogP contribution in [-0.2, 0) is 4.74 Å². The normalized spacial score (nSPS) is 40.2. The van der Waals surface area contributed by atoms with Crippen LogP contribution in [0, 0.1) is 23.2 Å². The minimum absolute atomic E-state index is 0.254. The van der Waals surface area contributed by atoms with Crippen molar-refractivity contribution in [3.63, 3.8) is 0 Å². The van der Waals surface area contributed by atoms with E-state index in [0.717, 1.165) is 31.0 Å². The van der Waals surface area contributed by atoms with Crippen molar-refractivity contribution in [2.45, 2.75) is 26.8 Å². The van der Waals surface area contributed by atoms with Gasteiger partial charge in [-0.05, 0) is 23.2 Å². The number of hydrogen-bond donors (Lipinski definition) is 2. The molecule has 1 saturated carbocycles. The van der Waals surface area contributed by atoms with Crippen molar-refractivity contribution >= 4 is 0 Å². The van der Waals surface area contributed by atoms with Crippen LogP contribution in [-0.4, -0.2) is 19.3 Å². The van der Waals surface area contributed by atoms with Gasteiger partial charge in [-0.3, -0.25) is 11.3 Å². The first-order chi connectivity index (χ1) is 6.05. The SMILES string of the molecule is CC(C)(C)C(NN)C1C2COCC21. The Labute approximate surface area is 80.0 Å². The largest absolute Gasteiger partial charge is 0.381 e. The Bertz CT molecular complexity index is 190. The molecule has 2 fully saturated rings. The van der Waals surface area contributed by atoms with E-state index in [9.17, 15) is 0 Å². The highest BCUT2D eigenvalue weighted by Gasteiger charge is 2.58. The van der Waals surface area contributed by atoms with Gasteiger partial charge in [0, 0.05) is 6.04 Å². The smallest absolute Gasteiger partial charge is 0.0501 e. The second-order valence-corrected chi connectivity index (χ2v) is 5.45. The average molecular weight is 184 g/mol. The summed E-state index contributed by atoms with van der Waals surface area (Å²) in [6.07, 6.45) is 0. The molecule has 3 unspecified atom stereocenters. The molecule has 3 N–H and O–H groups in total. The lowest BCUT2D eigenvalue weighted by Gasteiger charge is -2.31. The molecule has 1 aliphatic carbocycles. The Hall–Kier alpha value is -0.120. The predicted octanol–water partition coefficient (Wildman–Crippen LogP) is 0.757. The van der Waals surface area contributed by atoms with Crippen LogP contribution in [0.4, 0.5) is 0 Å². The zero-order valence-electron chi connectivity index (χ0n) is 8.71. The van der Waals surface area contributed by atoms with Crippen molar-refractivity contribution in [1.82, 2.24) is 5.43 Å². The second kappa shape index (κ2) is 2.94. The molecule has 76 valence electrons. The Morgan fingerprint density at radius 3 is 2.23 bits per heavy atom. The van der Waals surface area contributed by atoms with Crippen LogP contribution in [0.2, 0.25) is 0 Å². The van der Waals surface area contributed by atoms with Gasteiger partial charge < -0.3 is 4.74 Å². The van der Waals surface area contributed by atoms with Crippen LogP contribution in [0.15, 0.2) is 0 Å². The molecule has 1 heterocycles. The highest BCUT2D eigenvalue weighted by Crippen LogP contribution is 2.55. The second-order valence-electron chi connectivity index (χ2n) is 5.45. The van der Waals surface area contributed by atoms with Crippen LogP contribution < -0.4 is 11.3 Å². The zero-order valence-corrected chi connectivity index (χ0v) is 8.71. The van der Waals surface area contributed by atoms with Crippen molar-refractivity contribution in [2.75, 3.05) is 13.2 Å². The topological polar surface area (TPSA) is 47.3 Å². The first-order valence-corrected chi connectivity index (χ1v) is 5.09. The van der Waals surface area contributed by atoms with Gasteiger partial charge in [-0.1, -0.05) is 20.8 Å². The molecule has 1 aliphatic heterocycles. The third kappa shape index (κ3) is 1.49. The molecule has 0 spiro atoms. The van der Waals surface area contributed by atoms with Gasteiger partial charge in [0.15, 0.2) is 0 Å². The highest BCUT2D eigenvalue weighted by atomic mass is 16.5. The van der Waals surface area contributed by atoms with Crippen LogP contribution in [0.25, 0.3) is 0 Å². The van der Waals surface area contributed by atoms with Gasteiger partial charge in [-0.25, -0.2) is 0 Å². The van der Waals surface area contributed by atoms with Crippen molar-refractivity contribution in [3.8, 4) is 0 Å². The molecule has 0 aromatic heterocycles. The molecule has 0 amide bonds. The fourth-order valence-electron chi connectivity index (χ4n) is 2.72. The van der Waals surface area contributed by atoms with Gasteiger partial charge in [0.1, 0.15) is 0 Å². The summed E-state index contributed by atoms with van der Waals surface area (Å²) < 4.78 is 5.38. The first-order valence-electron chi connectivity index (χ1n) is 5.09. The summed E-state index contributed by atoms with van der Waals surface area (Å²) in [6.45, 7) is 8.62. The van der Waals surface area contributed by atoms with E-state index >= 15 is 0 Å². The molecule has 0 bridgehead atoms. The van der Waals surface area contributed by atoms with Crippen molar-refractivity contribution in [1.29, 1.82) is 0 Å². The van der Waals surface area contributed by atoms with E-state index in [1.54, 1.807) is 0 Å². The molecule has 1 saturated heterocycles. The molecule has 3 atom stereocenters. The molecule has 2 aliphatic rings. The maximum absolute atomic E-state index is 5.61. The lowest BCUT2D eigenvalue weighted by Crippen LogP contribution is -2.47. The quantitative estimate of drug-likeness (QED) is 0.492. The number of ether oxygens (including phenoxy) is 1. The third-order valence-corrected chi connectivity index (χ3v) is 3.52. The highest BCUT2D eigenvalue weighted by molar-refractivity contribution is 5.07. The summed E-state index contributed by atoms with van der Waals surface area (Å²) in [5.41, 5.74) is 3.23. The average Bonchev–Trinajstić information content (AvgIpc) is 2.52. The first kappa shape index (κ1) is 9.44. The monoisotopic (exact) mass is 184 g/mol. The fraction of sp³-hybridized carbons (Fsp3) is 1.00. The lowest BCUT2D eigenvalue weighted by atomic mass is 9.83. The summed E-state index contributed by atoms with van der Waals surface area (Å²) in [7, 11) is 0. The van der Waals surface area contributed by atoms with Gasteiger partial charge in [-0.2, -0.15) is 0 Å². The molecular formula is C10H20N2O. The number of hydrogen-bond acceptors (Lipinski definition) is 3. The summed E-state index contributed by atoms with van der Waals surface area (Å²) in [6, 6.07) is 0.436.